The van der Waals surface area contributed by atoms with Crippen LogP contribution in [0, 0.1) is 0 Å². The van der Waals surface area contributed by atoms with Gasteiger partial charge in [0.15, 0.2) is 0 Å². The van der Waals surface area contributed by atoms with Gasteiger partial charge in [0.2, 0.25) is 0 Å². The molecule has 1 amide bonds. The smallest absolute Gasteiger partial charge is 0.252 e. The Balaban J connectivity index is 1.68. The van der Waals surface area contributed by atoms with Crippen molar-refractivity contribution < 1.29 is 13.9 Å². The topological polar surface area (TPSA) is 42.7 Å². The van der Waals surface area contributed by atoms with Crippen LogP contribution in [0.25, 0.3) is 0 Å². The molecule has 3 rings (SSSR count). The van der Waals surface area contributed by atoms with Gasteiger partial charge in [-0.2, -0.15) is 0 Å². The molecule has 1 atom stereocenters. The van der Waals surface area contributed by atoms with Gasteiger partial charge in [-0.05, 0) is 37.8 Å². The fourth-order valence-corrected chi connectivity index (χ4v) is 2.30. The first-order valence-electron chi connectivity index (χ1n) is 6.29. The van der Waals surface area contributed by atoms with Crippen LogP contribution in [0.1, 0.15) is 31.4 Å². The Morgan fingerprint density at radius 3 is 2.88 bits per heavy atom. The maximum atomic E-state index is 12.3. The monoisotopic (exact) mass is 235 g/mol. The molecule has 0 unspecified atom stereocenters. The van der Waals surface area contributed by atoms with Crippen LogP contribution in [0.2, 0.25) is 0 Å². The molecule has 92 valence electrons. The van der Waals surface area contributed by atoms with Crippen LogP contribution in [-0.2, 0) is 16.1 Å². The number of amides is 1. The summed E-state index contributed by atoms with van der Waals surface area (Å²) in [6.07, 6.45) is 5.51. The lowest BCUT2D eigenvalue weighted by Crippen LogP contribution is -2.39. The second kappa shape index (κ2) is 4.53. The summed E-state index contributed by atoms with van der Waals surface area (Å²) in [5, 5.41) is 0. The number of ether oxygens (including phenoxy) is 1. The number of hydrogen-bond donors (Lipinski definition) is 0. The van der Waals surface area contributed by atoms with E-state index in [9.17, 15) is 4.79 Å². The van der Waals surface area contributed by atoms with E-state index in [0.29, 0.717) is 12.6 Å². The van der Waals surface area contributed by atoms with Gasteiger partial charge in [0.25, 0.3) is 5.91 Å². The summed E-state index contributed by atoms with van der Waals surface area (Å²) < 4.78 is 10.8. The van der Waals surface area contributed by atoms with Gasteiger partial charge in [0, 0.05) is 12.6 Å². The third-order valence-electron chi connectivity index (χ3n) is 3.38. The molecular weight excluding hydrogens is 218 g/mol. The summed E-state index contributed by atoms with van der Waals surface area (Å²) >= 11 is 0. The second-order valence-corrected chi connectivity index (χ2v) is 4.78. The van der Waals surface area contributed by atoms with E-state index in [1.807, 2.05) is 17.0 Å². The number of carbonyl (C=O) groups is 1. The SMILES string of the molecule is O=C([C@@H]1CCCO1)N(Cc1ccco1)C1CC1. The molecule has 1 aliphatic carbocycles. The molecule has 1 saturated carbocycles. The standard InChI is InChI=1S/C13H17NO3/c15-13(12-4-2-8-17-12)14(10-5-6-10)9-11-3-1-7-16-11/h1,3,7,10,12H,2,4-6,8-9H2/t12-/m0/s1. The van der Waals surface area contributed by atoms with E-state index >= 15 is 0 Å². The van der Waals surface area contributed by atoms with E-state index in [1.54, 1.807) is 6.26 Å². The number of rotatable bonds is 4. The van der Waals surface area contributed by atoms with E-state index in [-0.39, 0.29) is 12.0 Å². The highest BCUT2D eigenvalue weighted by molar-refractivity contribution is 5.81. The minimum atomic E-state index is -0.217. The molecule has 4 nitrogen and oxygen atoms in total. The molecule has 1 aromatic heterocycles. The third-order valence-corrected chi connectivity index (χ3v) is 3.38. The van der Waals surface area contributed by atoms with Crippen molar-refractivity contribution >= 4 is 5.91 Å². The molecule has 2 aliphatic rings. The normalized spacial score (nSPS) is 23.9. The first-order valence-corrected chi connectivity index (χ1v) is 6.29. The van der Waals surface area contributed by atoms with Gasteiger partial charge >= 0.3 is 0 Å². The fourth-order valence-electron chi connectivity index (χ4n) is 2.30. The molecule has 4 heteroatoms. The average molecular weight is 235 g/mol. The summed E-state index contributed by atoms with van der Waals surface area (Å²) in [6.45, 7) is 1.30. The zero-order chi connectivity index (χ0) is 11.7. The first-order chi connectivity index (χ1) is 8.34. The molecule has 1 aliphatic heterocycles. The van der Waals surface area contributed by atoms with Crippen LogP contribution in [-0.4, -0.2) is 29.6 Å². The minimum Gasteiger partial charge on any atom is -0.467 e. The Bertz CT molecular complexity index is 377. The summed E-state index contributed by atoms with van der Waals surface area (Å²) in [5.41, 5.74) is 0. The molecule has 17 heavy (non-hydrogen) atoms. The van der Waals surface area contributed by atoms with Gasteiger partial charge in [-0.15, -0.1) is 0 Å². The summed E-state index contributed by atoms with van der Waals surface area (Å²) in [7, 11) is 0. The highest BCUT2D eigenvalue weighted by atomic mass is 16.5. The molecule has 1 aromatic rings. The molecule has 0 bridgehead atoms. The first kappa shape index (κ1) is 10.8. The summed E-state index contributed by atoms with van der Waals surface area (Å²) in [4.78, 5) is 14.2. The second-order valence-electron chi connectivity index (χ2n) is 4.78. The van der Waals surface area contributed by atoms with Crippen molar-refractivity contribution in [3.05, 3.63) is 24.2 Å². The largest absolute Gasteiger partial charge is 0.467 e. The van der Waals surface area contributed by atoms with Gasteiger partial charge in [-0.25, -0.2) is 0 Å². The maximum absolute atomic E-state index is 12.3. The van der Waals surface area contributed by atoms with Crippen LogP contribution in [0.4, 0.5) is 0 Å². The Labute approximate surface area is 101 Å². The minimum absolute atomic E-state index is 0.140. The zero-order valence-electron chi connectivity index (χ0n) is 9.80. The number of nitrogens with zero attached hydrogens (tertiary/aromatic N) is 1. The lowest BCUT2D eigenvalue weighted by molar-refractivity contribution is -0.142. The van der Waals surface area contributed by atoms with E-state index in [4.69, 9.17) is 9.15 Å². The van der Waals surface area contributed by atoms with Gasteiger partial charge in [0.1, 0.15) is 11.9 Å². The predicted octanol–water partition coefficient (Wildman–Crippen LogP) is 1.95. The van der Waals surface area contributed by atoms with Gasteiger partial charge in [-0.3, -0.25) is 4.79 Å². The Morgan fingerprint density at radius 1 is 1.41 bits per heavy atom. The van der Waals surface area contributed by atoms with Crippen molar-refractivity contribution in [2.75, 3.05) is 6.61 Å². The highest BCUT2D eigenvalue weighted by Crippen LogP contribution is 2.30. The predicted molar refractivity (Wildman–Crippen MR) is 61.3 cm³/mol. The lowest BCUT2D eigenvalue weighted by Gasteiger charge is -2.24. The Hall–Kier alpha value is -1.29. The van der Waals surface area contributed by atoms with Crippen molar-refractivity contribution in [3.8, 4) is 0 Å². The van der Waals surface area contributed by atoms with Gasteiger partial charge in [0.05, 0.1) is 12.8 Å². The van der Waals surface area contributed by atoms with Crippen molar-refractivity contribution in [3.63, 3.8) is 0 Å². The molecular formula is C13H17NO3. The average Bonchev–Trinajstić information content (AvgIpc) is 2.86. The van der Waals surface area contributed by atoms with Crippen LogP contribution >= 0.6 is 0 Å². The van der Waals surface area contributed by atoms with Crippen molar-refractivity contribution in [1.29, 1.82) is 0 Å². The molecule has 0 spiro atoms. The number of furan rings is 1. The zero-order valence-corrected chi connectivity index (χ0v) is 9.80. The molecule has 2 heterocycles. The summed E-state index contributed by atoms with van der Waals surface area (Å²) in [6, 6.07) is 4.17. The van der Waals surface area contributed by atoms with E-state index in [0.717, 1.165) is 38.1 Å². The quantitative estimate of drug-likeness (QED) is 0.801. The van der Waals surface area contributed by atoms with Crippen molar-refractivity contribution in [2.24, 2.45) is 0 Å². The molecule has 1 saturated heterocycles. The van der Waals surface area contributed by atoms with E-state index < -0.39 is 0 Å². The van der Waals surface area contributed by atoms with Crippen LogP contribution in [0.15, 0.2) is 22.8 Å². The number of carbonyl (C=O) groups excluding carboxylic acids is 1. The van der Waals surface area contributed by atoms with E-state index in [2.05, 4.69) is 0 Å². The van der Waals surface area contributed by atoms with E-state index in [1.165, 1.54) is 0 Å². The van der Waals surface area contributed by atoms with Crippen molar-refractivity contribution in [2.45, 2.75) is 44.4 Å². The van der Waals surface area contributed by atoms with Gasteiger partial charge in [-0.1, -0.05) is 0 Å². The summed E-state index contributed by atoms with van der Waals surface area (Å²) in [5.74, 6) is 0.990. The van der Waals surface area contributed by atoms with Crippen LogP contribution in [0.3, 0.4) is 0 Å². The molecule has 0 aromatic carbocycles. The molecule has 0 radical (unpaired) electrons. The van der Waals surface area contributed by atoms with Gasteiger partial charge < -0.3 is 14.1 Å². The highest BCUT2D eigenvalue weighted by Gasteiger charge is 2.37. The maximum Gasteiger partial charge on any atom is 0.252 e. The lowest BCUT2D eigenvalue weighted by atomic mass is 10.2. The van der Waals surface area contributed by atoms with Crippen LogP contribution in [0.5, 0.6) is 0 Å². The fraction of sp³-hybridized carbons (Fsp3) is 0.615. The van der Waals surface area contributed by atoms with Crippen LogP contribution < -0.4 is 0 Å². The number of hydrogen-bond acceptors (Lipinski definition) is 3. The molecule has 2 fully saturated rings. The Morgan fingerprint density at radius 2 is 2.29 bits per heavy atom. The molecule has 0 N–H and O–H groups in total. The van der Waals surface area contributed by atoms with Crippen molar-refractivity contribution in [1.82, 2.24) is 4.90 Å². The Kier molecular flexibility index (Phi) is 2.89. The third kappa shape index (κ3) is 2.36.